The molecule has 1 aliphatic carbocycles. The van der Waals surface area contributed by atoms with Crippen molar-refractivity contribution in [1.29, 1.82) is 0 Å². The van der Waals surface area contributed by atoms with Gasteiger partial charge in [-0.3, -0.25) is 0 Å². The van der Waals surface area contributed by atoms with Gasteiger partial charge in [0.1, 0.15) is 5.75 Å². The van der Waals surface area contributed by atoms with Crippen LogP contribution in [-0.4, -0.2) is 12.5 Å². The standard InChI is InChI=1S/C14H17BrF2O/c15-9-11-3-5-13(6-4-11)18-10-12-2-1-7-14(16,17)8-12/h3-6,12H,1-2,7-10H2. The van der Waals surface area contributed by atoms with Crippen molar-refractivity contribution >= 4 is 15.9 Å². The quantitative estimate of drug-likeness (QED) is 0.725. The smallest absolute Gasteiger partial charge is 0.248 e. The van der Waals surface area contributed by atoms with Crippen molar-refractivity contribution in [1.82, 2.24) is 0 Å². The lowest BCUT2D eigenvalue weighted by atomic mass is 9.87. The molecular weight excluding hydrogens is 302 g/mol. The van der Waals surface area contributed by atoms with Crippen molar-refractivity contribution in [2.24, 2.45) is 5.92 Å². The number of alkyl halides is 3. The minimum atomic E-state index is -2.49. The van der Waals surface area contributed by atoms with Crippen LogP contribution < -0.4 is 4.74 Å². The monoisotopic (exact) mass is 318 g/mol. The van der Waals surface area contributed by atoms with Gasteiger partial charge in [-0.05, 0) is 36.5 Å². The normalized spacial score (nSPS) is 22.7. The highest BCUT2D eigenvalue weighted by atomic mass is 79.9. The fourth-order valence-corrected chi connectivity index (χ4v) is 2.68. The summed E-state index contributed by atoms with van der Waals surface area (Å²) >= 11 is 3.37. The van der Waals surface area contributed by atoms with E-state index in [1.54, 1.807) is 0 Å². The number of hydrogen-bond donors (Lipinski definition) is 0. The van der Waals surface area contributed by atoms with E-state index < -0.39 is 5.92 Å². The molecule has 18 heavy (non-hydrogen) atoms. The largest absolute Gasteiger partial charge is 0.493 e. The average molecular weight is 319 g/mol. The molecule has 0 N–H and O–H groups in total. The maximum absolute atomic E-state index is 13.2. The van der Waals surface area contributed by atoms with Crippen LogP contribution in [0.25, 0.3) is 0 Å². The Bertz CT molecular complexity index is 378. The molecule has 4 heteroatoms. The van der Waals surface area contributed by atoms with Crippen LogP contribution in [0.15, 0.2) is 24.3 Å². The third kappa shape index (κ3) is 3.94. The Kier molecular flexibility index (Phi) is 4.60. The summed E-state index contributed by atoms with van der Waals surface area (Å²) in [5.41, 5.74) is 1.17. The highest BCUT2D eigenvalue weighted by molar-refractivity contribution is 9.08. The van der Waals surface area contributed by atoms with Crippen LogP contribution in [-0.2, 0) is 5.33 Å². The van der Waals surface area contributed by atoms with Crippen molar-refractivity contribution in [3.8, 4) is 5.75 Å². The summed E-state index contributed by atoms with van der Waals surface area (Å²) in [5.74, 6) is -1.76. The second kappa shape index (κ2) is 6.00. The molecule has 0 radical (unpaired) electrons. The van der Waals surface area contributed by atoms with Crippen LogP contribution in [0.4, 0.5) is 8.78 Å². The fraction of sp³-hybridized carbons (Fsp3) is 0.571. The van der Waals surface area contributed by atoms with Crippen LogP contribution in [0, 0.1) is 5.92 Å². The Labute approximate surface area is 115 Å². The SMILES string of the molecule is FC1(F)CCCC(COc2ccc(CBr)cc2)C1. The van der Waals surface area contributed by atoms with Gasteiger partial charge in [-0.1, -0.05) is 28.1 Å². The van der Waals surface area contributed by atoms with Gasteiger partial charge in [-0.2, -0.15) is 0 Å². The Morgan fingerprint density at radius 1 is 1.28 bits per heavy atom. The van der Waals surface area contributed by atoms with Gasteiger partial charge in [0, 0.05) is 18.2 Å². The maximum atomic E-state index is 13.2. The highest BCUT2D eigenvalue weighted by Crippen LogP contribution is 2.36. The molecule has 1 atom stereocenters. The van der Waals surface area contributed by atoms with Gasteiger partial charge in [0.05, 0.1) is 6.61 Å². The summed E-state index contributed by atoms with van der Waals surface area (Å²) < 4.78 is 32.0. The molecule has 1 aromatic rings. The van der Waals surface area contributed by atoms with E-state index in [2.05, 4.69) is 15.9 Å². The molecule has 0 aromatic heterocycles. The van der Waals surface area contributed by atoms with E-state index in [4.69, 9.17) is 4.74 Å². The summed E-state index contributed by atoms with van der Waals surface area (Å²) in [5, 5.41) is 0.808. The molecule has 1 unspecified atom stereocenters. The highest BCUT2D eigenvalue weighted by Gasteiger charge is 2.36. The van der Waals surface area contributed by atoms with Gasteiger partial charge in [-0.15, -0.1) is 0 Å². The molecule has 0 aliphatic heterocycles. The van der Waals surface area contributed by atoms with Crippen molar-refractivity contribution in [2.45, 2.75) is 36.9 Å². The zero-order valence-corrected chi connectivity index (χ0v) is 11.8. The first-order chi connectivity index (χ1) is 8.59. The van der Waals surface area contributed by atoms with Crippen molar-refractivity contribution < 1.29 is 13.5 Å². The lowest BCUT2D eigenvalue weighted by Gasteiger charge is -2.28. The van der Waals surface area contributed by atoms with Gasteiger partial charge in [0.2, 0.25) is 5.92 Å². The Hall–Kier alpha value is -0.640. The van der Waals surface area contributed by atoms with E-state index in [0.717, 1.165) is 17.5 Å². The van der Waals surface area contributed by atoms with Gasteiger partial charge in [0.25, 0.3) is 0 Å². The van der Waals surface area contributed by atoms with Crippen LogP contribution in [0.5, 0.6) is 5.75 Å². The minimum absolute atomic E-state index is 0.0235. The van der Waals surface area contributed by atoms with Crippen LogP contribution >= 0.6 is 15.9 Å². The molecule has 1 aromatic carbocycles. The summed E-state index contributed by atoms with van der Waals surface area (Å²) in [6.45, 7) is 0.392. The first-order valence-electron chi connectivity index (χ1n) is 6.24. The predicted octanol–water partition coefficient (Wildman–Crippen LogP) is 4.79. The molecule has 1 nitrogen and oxygen atoms in total. The van der Waals surface area contributed by atoms with E-state index in [1.165, 1.54) is 5.56 Å². The molecule has 1 fully saturated rings. The predicted molar refractivity (Wildman–Crippen MR) is 71.5 cm³/mol. The van der Waals surface area contributed by atoms with E-state index in [0.29, 0.717) is 13.0 Å². The fourth-order valence-electron chi connectivity index (χ4n) is 2.31. The molecule has 0 heterocycles. The lowest BCUT2D eigenvalue weighted by molar-refractivity contribution is -0.0585. The number of hydrogen-bond acceptors (Lipinski definition) is 1. The van der Waals surface area contributed by atoms with E-state index in [1.807, 2.05) is 24.3 Å². The first-order valence-corrected chi connectivity index (χ1v) is 7.37. The zero-order valence-electron chi connectivity index (χ0n) is 10.2. The second-order valence-corrected chi connectivity index (χ2v) is 5.47. The number of benzene rings is 1. The van der Waals surface area contributed by atoms with Gasteiger partial charge < -0.3 is 4.74 Å². The molecule has 1 saturated carbocycles. The minimum Gasteiger partial charge on any atom is -0.493 e. The van der Waals surface area contributed by atoms with Gasteiger partial charge >= 0.3 is 0 Å². The van der Waals surface area contributed by atoms with Crippen LogP contribution in [0.1, 0.15) is 31.2 Å². The summed E-state index contributed by atoms with van der Waals surface area (Å²) in [6.07, 6.45) is 1.44. The number of rotatable bonds is 4. The van der Waals surface area contributed by atoms with E-state index in [-0.39, 0.29) is 18.8 Å². The third-order valence-corrected chi connectivity index (χ3v) is 3.95. The molecular formula is C14H17BrF2O. The first kappa shape index (κ1) is 13.8. The average Bonchev–Trinajstić information content (AvgIpc) is 2.36. The van der Waals surface area contributed by atoms with Crippen molar-refractivity contribution in [3.05, 3.63) is 29.8 Å². The van der Waals surface area contributed by atoms with Crippen molar-refractivity contribution in [2.75, 3.05) is 6.61 Å². The Balaban J connectivity index is 1.83. The second-order valence-electron chi connectivity index (χ2n) is 4.91. The topological polar surface area (TPSA) is 9.23 Å². The molecule has 1 aliphatic rings. The van der Waals surface area contributed by atoms with Crippen LogP contribution in [0.2, 0.25) is 0 Å². The molecule has 0 saturated heterocycles. The third-order valence-electron chi connectivity index (χ3n) is 3.31. The molecule has 0 amide bonds. The van der Waals surface area contributed by atoms with E-state index >= 15 is 0 Å². The zero-order chi connectivity index (χ0) is 13.0. The lowest BCUT2D eigenvalue weighted by Crippen LogP contribution is -2.29. The molecule has 2 rings (SSSR count). The number of halogens is 3. The van der Waals surface area contributed by atoms with Gasteiger partial charge in [-0.25, -0.2) is 8.78 Å². The summed E-state index contributed by atoms with van der Waals surface area (Å²) in [4.78, 5) is 0. The molecule has 0 spiro atoms. The number of ether oxygens (including phenoxy) is 1. The van der Waals surface area contributed by atoms with Crippen molar-refractivity contribution in [3.63, 3.8) is 0 Å². The summed E-state index contributed by atoms with van der Waals surface area (Å²) in [7, 11) is 0. The molecule has 0 bridgehead atoms. The summed E-state index contributed by atoms with van der Waals surface area (Å²) in [6, 6.07) is 7.72. The maximum Gasteiger partial charge on any atom is 0.248 e. The Morgan fingerprint density at radius 2 is 2.00 bits per heavy atom. The Morgan fingerprint density at radius 3 is 2.61 bits per heavy atom. The van der Waals surface area contributed by atoms with E-state index in [9.17, 15) is 8.78 Å². The van der Waals surface area contributed by atoms with Gasteiger partial charge in [0.15, 0.2) is 0 Å². The van der Waals surface area contributed by atoms with Crippen LogP contribution in [0.3, 0.4) is 0 Å². The molecule has 100 valence electrons.